The lowest BCUT2D eigenvalue weighted by Crippen LogP contribution is -2.31. The van der Waals surface area contributed by atoms with E-state index in [0.29, 0.717) is 16.5 Å². The van der Waals surface area contributed by atoms with Crippen molar-refractivity contribution >= 4 is 29.3 Å². The standard InChI is InChI=1S/C12H13Cl2NO2/c1-7-11(17-12(16)15(7)2)5-8-3-9(13)6-10(14)4-8/h3-4,6-7,11H,5H2,1-2H3/t7-,11+/m0/s1. The van der Waals surface area contributed by atoms with E-state index in [4.69, 9.17) is 27.9 Å². The summed E-state index contributed by atoms with van der Waals surface area (Å²) in [4.78, 5) is 13.0. The van der Waals surface area contributed by atoms with Crippen LogP contribution >= 0.6 is 23.2 Å². The van der Waals surface area contributed by atoms with E-state index in [9.17, 15) is 4.79 Å². The van der Waals surface area contributed by atoms with Crippen LogP contribution in [0.1, 0.15) is 12.5 Å². The average molecular weight is 274 g/mol. The van der Waals surface area contributed by atoms with Crippen molar-refractivity contribution in [2.45, 2.75) is 25.5 Å². The molecule has 0 N–H and O–H groups in total. The molecule has 1 heterocycles. The third kappa shape index (κ3) is 2.67. The maximum atomic E-state index is 11.4. The van der Waals surface area contributed by atoms with Crippen LogP contribution in [0.3, 0.4) is 0 Å². The van der Waals surface area contributed by atoms with Gasteiger partial charge in [0.15, 0.2) is 0 Å². The van der Waals surface area contributed by atoms with Crippen LogP contribution in [0.25, 0.3) is 0 Å². The van der Waals surface area contributed by atoms with Gasteiger partial charge in [-0.15, -0.1) is 0 Å². The Bertz CT molecular complexity index is 430. The van der Waals surface area contributed by atoms with Crippen LogP contribution in [0.4, 0.5) is 4.79 Å². The van der Waals surface area contributed by atoms with Crippen molar-refractivity contribution < 1.29 is 9.53 Å². The molecule has 1 amide bonds. The number of ether oxygens (including phenoxy) is 1. The number of carbonyl (C=O) groups excluding carboxylic acids is 1. The molecule has 1 aromatic rings. The van der Waals surface area contributed by atoms with Crippen molar-refractivity contribution in [3.63, 3.8) is 0 Å². The van der Waals surface area contributed by atoms with Crippen molar-refractivity contribution in [3.8, 4) is 0 Å². The van der Waals surface area contributed by atoms with Crippen LogP contribution in [-0.4, -0.2) is 30.2 Å². The van der Waals surface area contributed by atoms with E-state index >= 15 is 0 Å². The quantitative estimate of drug-likeness (QED) is 0.827. The van der Waals surface area contributed by atoms with E-state index in [1.54, 1.807) is 18.0 Å². The van der Waals surface area contributed by atoms with Crippen LogP contribution in [0.5, 0.6) is 0 Å². The molecule has 92 valence electrons. The molecular weight excluding hydrogens is 261 g/mol. The zero-order chi connectivity index (χ0) is 12.6. The molecule has 0 unspecified atom stereocenters. The largest absolute Gasteiger partial charge is 0.444 e. The molecule has 2 atom stereocenters. The Labute approximate surface area is 110 Å². The maximum absolute atomic E-state index is 11.4. The van der Waals surface area contributed by atoms with E-state index in [1.807, 2.05) is 19.1 Å². The molecule has 1 aliphatic rings. The molecule has 0 aliphatic carbocycles. The Kier molecular flexibility index (Phi) is 3.50. The number of halogens is 2. The number of cyclic esters (lactones) is 1. The molecule has 1 fully saturated rings. The number of amides is 1. The van der Waals surface area contributed by atoms with Gasteiger partial charge in [0.1, 0.15) is 6.10 Å². The lowest BCUT2D eigenvalue weighted by molar-refractivity contribution is 0.131. The second-order valence-electron chi connectivity index (χ2n) is 4.26. The summed E-state index contributed by atoms with van der Waals surface area (Å²) in [6.45, 7) is 1.96. The van der Waals surface area contributed by atoms with Crippen LogP contribution in [-0.2, 0) is 11.2 Å². The summed E-state index contributed by atoms with van der Waals surface area (Å²) in [5.41, 5.74) is 0.974. The zero-order valence-corrected chi connectivity index (χ0v) is 11.1. The first-order valence-corrected chi connectivity index (χ1v) is 6.11. The van der Waals surface area contributed by atoms with Crippen LogP contribution in [0.2, 0.25) is 10.0 Å². The third-order valence-corrected chi connectivity index (χ3v) is 3.48. The molecule has 5 heteroatoms. The number of hydrogen-bond acceptors (Lipinski definition) is 2. The summed E-state index contributed by atoms with van der Waals surface area (Å²) in [6, 6.07) is 5.42. The molecule has 3 nitrogen and oxygen atoms in total. The minimum Gasteiger partial charge on any atom is -0.444 e. The van der Waals surface area contributed by atoms with Gasteiger partial charge in [-0.2, -0.15) is 0 Å². The first kappa shape index (κ1) is 12.5. The summed E-state index contributed by atoms with van der Waals surface area (Å²) in [6.07, 6.45) is 0.190. The summed E-state index contributed by atoms with van der Waals surface area (Å²) >= 11 is 11.9. The molecular formula is C12H13Cl2NO2. The number of rotatable bonds is 2. The second kappa shape index (κ2) is 4.75. The van der Waals surface area contributed by atoms with Crippen molar-refractivity contribution in [2.75, 3.05) is 7.05 Å². The van der Waals surface area contributed by atoms with Gasteiger partial charge in [0.25, 0.3) is 0 Å². The summed E-state index contributed by atoms with van der Waals surface area (Å²) in [5, 5.41) is 1.19. The van der Waals surface area contributed by atoms with E-state index in [1.165, 1.54) is 0 Å². The Balaban J connectivity index is 2.14. The van der Waals surface area contributed by atoms with Gasteiger partial charge in [0.2, 0.25) is 0 Å². The molecule has 0 radical (unpaired) electrons. The van der Waals surface area contributed by atoms with Gasteiger partial charge in [0, 0.05) is 23.5 Å². The first-order valence-electron chi connectivity index (χ1n) is 5.36. The molecule has 0 saturated carbocycles. The van der Waals surface area contributed by atoms with Gasteiger partial charge in [-0.25, -0.2) is 4.79 Å². The predicted octanol–water partition coefficient (Wildman–Crippen LogP) is 3.38. The van der Waals surface area contributed by atoms with Gasteiger partial charge >= 0.3 is 6.09 Å². The van der Waals surface area contributed by atoms with Crippen LogP contribution in [0.15, 0.2) is 18.2 Å². The monoisotopic (exact) mass is 273 g/mol. The number of likely N-dealkylation sites (N-methyl/N-ethyl adjacent to an activating group) is 1. The fraction of sp³-hybridized carbons (Fsp3) is 0.417. The second-order valence-corrected chi connectivity index (χ2v) is 5.13. The maximum Gasteiger partial charge on any atom is 0.410 e. The molecule has 1 aromatic carbocycles. The first-order chi connectivity index (χ1) is 7.97. The third-order valence-electron chi connectivity index (χ3n) is 3.05. The SMILES string of the molecule is C[C@H]1[C@@H](Cc2cc(Cl)cc(Cl)c2)OC(=O)N1C. The van der Waals surface area contributed by atoms with Gasteiger partial charge < -0.3 is 9.64 Å². The Hall–Kier alpha value is -0.930. The fourth-order valence-corrected chi connectivity index (χ4v) is 2.47. The lowest BCUT2D eigenvalue weighted by atomic mass is 10.0. The Morgan fingerprint density at radius 2 is 1.88 bits per heavy atom. The molecule has 1 aliphatic heterocycles. The van der Waals surface area contributed by atoms with Gasteiger partial charge in [-0.1, -0.05) is 23.2 Å². The Morgan fingerprint density at radius 1 is 1.29 bits per heavy atom. The summed E-state index contributed by atoms with van der Waals surface area (Å²) in [7, 11) is 1.73. The molecule has 0 spiro atoms. The van der Waals surface area contributed by atoms with Crippen LogP contribution in [0, 0.1) is 0 Å². The normalized spacial score (nSPS) is 24.0. The van der Waals surface area contributed by atoms with E-state index in [2.05, 4.69) is 0 Å². The minimum absolute atomic E-state index is 0.0558. The Morgan fingerprint density at radius 3 is 2.35 bits per heavy atom. The molecule has 2 rings (SSSR count). The summed E-state index contributed by atoms with van der Waals surface area (Å²) < 4.78 is 5.27. The number of nitrogens with zero attached hydrogens (tertiary/aromatic N) is 1. The highest BCUT2D eigenvalue weighted by Gasteiger charge is 2.35. The highest BCUT2D eigenvalue weighted by Crippen LogP contribution is 2.24. The predicted molar refractivity (Wildman–Crippen MR) is 67.7 cm³/mol. The molecule has 17 heavy (non-hydrogen) atoms. The minimum atomic E-state index is -0.282. The van der Waals surface area contributed by atoms with E-state index in [-0.39, 0.29) is 18.2 Å². The number of hydrogen-bond donors (Lipinski definition) is 0. The fourth-order valence-electron chi connectivity index (χ4n) is 1.90. The van der Waals surface area contributed by atoms with E-state index in [0.717, 1.165) is 5.56 Å². The lowest BCUT2D eigenvalue weighted by Gasteiger charge is -2.16. The van der Waals surface area contributed by atoms with Crippen molar-refractivity contribution in [3.05, 3.63) is 33.8 Å². The van der Waals surface area contributed by atoms with Gasteiger partial charge in [0.05, 0.1) is 6.04 Å². The van der Waals surface area contributed by atoms with Gasteiger partial charge in [-0.05, 0) is 30.7 Å². The number of benzene rings is 1. The molecule has 1 saturated heterocycles. The van der Waals surface area contributed by atoms with Crippen molar-refractivity contribution in [1.82, 2.24) is 4.90 Å². The highest BCUT2D eigenvalue weighted by atomic mass is 35.5. The topological polar surface area (TPSA) is 29.5 Å². The average Bonchev–Trinajstić information content (AvgIpc) is 2.45. The molecule has 0 aromatic heterocycles. The highest BCUT2D eigenvalue weighted by molar-refractivity contribution is 6.34. The van der Waals surface area contributed by atoms with Crippen molar-refractivity contribution in [2.24, 2.45) is 0 Å². The zero-order valence-electron chi connectivity index (χ0n) is 9.61. The number of carbonyl (C=O) groups is 1. The van der Waals surface area contributed by atoms with Crippen LogP contribution < -0.4 is 0 Å². The molecule has 0 bridgehead atoms. The smallest absolute Gasteiger partial charge is 0.410 e. The van der Waals surface area contributed by atoms with E-state index < -0.39 is 0 Å². The summed E-state index contributed by atoms with van der Waals surface area (Å²) in [5.74, 6) is 0. The van der Waals surface area contributed by atoms with Crippen molar-refractivity contribution in [1.29, 1.82) is 0 Å². The van der Waals surface area contributed by atoms with Gasteiger partial charge in [-0.3, -0.25) is 0 Å².